The number of fused-ring (bicyclic) bond motifs is 1. The van der Waals surface area contributed by atoms with Gasteiger partial charge in [-0.05, 0) is 44.2 Å². The number of aryl methyl sites for hydroxylation is 1. The van der Waals surface area contributed by atoms with Crippen LogP contribution in [0.2, 0.25) is 0 Å². The number of rotatable bonds is 6. The van der Waals surface area contributed by atoms with E-state index in [2.05, 4.69) is 10.3 Å². The third kappa shape index (κ3) is 3.77. The number of nitrogens with one attached hydrogen (secondary N) is 1. The van der Waals surface area contributed by atoms with E-state index >= 15 is 0 Å². The third-order valence-electron chi connectivity index (χ3n) is 4.18. The standard InChI is InChI=1S/C21H22N2O3/c1-4-26-16-11-9-15(10-12-16)23-21-17-7-5-6-8-19(17)22-14(2)18(21)13-20(24)25-3/h5-12H,4,13H2,1-3H3,(H,22,23). The van der Waals surface area contributed by atoms with Gasteiger partial charge < -0.3 is 14.8 Å². The molecule has 0 saturated carbocycles. The lowest BCUT2D eigenvalue weighted by molar-refractivity contribution is -0.139. The molecule has 0 aliphatic rings. The van der Waals surface area contributed by atoms with Crippen LogP contribution >= 0.6 is 0 Å². The Morgan fingerprint density at radius 2 is 1.85 bits per heavy atom. The average Bonchev–Trinajstić information content (AvgIpc) is 2.66. The normalized spacial score (nSPS) is 10.6. The van der Waals surface area contributed by atoms with Crippen LogP contribution in [0.5, 0.6) is 5.75 Å². The maximum absolute atomic E-state index is 11.9. The van der Waals surface area contributed by atoms with Crippen molar-refractivity contribution in [1.82, 2.24) is 4.98 Å². The lowest BCUT2D eigenvalue weighted by Crippen LogP contribution is -2.10. The molecule has 1 N–H and O–H groups in total. The van der Waals surface area contributed by atoms with E-state index in [4.69, 9.17) is 9.47 Å². The number of esters is 1. The molecule has 0 aliphatic carbocycles. The van der Waals surface area contributed by atoms with Crippen molar-refractivity contribution in [2.75, 3.05) is 19.0 Å². The highest BCUT2D eigenvalue weighted by atomic mass is 16.5. The number of carbonyl (C=O) groups is 1. The molecule has 0 radical (unpaired) electrons. The van der Waals surface area contributed by atoms with Crippen LogP contribution in [0.3, 0.4) is 0 Å². The first kappa shape index (κ1) is 17.7. The number of nitrogens with zero attached hydrogens (tertiary/aromatic N) is 1. The number of carbonyl (C=O) groups excluding carboxylic acids is 1. The Morgan fingerprint density at radius 1 is 1.12 bits per heavy atom. The number of para-hydroxylation sites is 1. The zero-order chi connectivity index (χ0) is 18.5. The van der Waals surface area contributed by atoms with Gasteiger partial charge in [0.2, 0.25) is 0 Å². The molecule has 0 aliphatic heterocycles. The van der Waals surface area contributed by atoms with Crippen molar-refractivity contribution in [1.29, 1.82) is 0 Å². The fraction of sp³-hybridized carbons (Fsp3) is 0.238. The first-order valence-corrected chi connectivity index (χ1v) is 8.57. The summed E-state index contributed by atoms with van der Waals surface area (Å²) in [6.45, 7) is 4.50. The number of ether oxygens (including phenoxy) is 2. The summed E-state index contributed by atoms with van der Waals surface area (Å²) in [5, 5.41) is 4.42. The second kappa shape index (κ2) is 7.87. The Morgan fingerprint density at radius 3 is 2.54 bits per heavy atom. The molecule has 0 saturated heterocycles. The maximum atomic E-state index is 11.9. The van der Waals surface area contributed by atoms with Crippen LogP contribution in [0, 0.1) is 6.92 Å². The minimum absolute atomic E-state index is 0.166. The van der Waals surface area contributed by atoms with Gasteiger partial charge in [-0.15, -0.1) is 0 Å². The fourth-order valence-electron chi connectivity index (χ4n) is 2.90. The van der Waals surface area contributed by atoms with Gasteiger partial charge in [0.05, 0.1) is 31.3 Å². The smallest absolute Gasteiger partial charge is 0.310 e. The number of hydrogen-bond donors (Lipinski definition) is 1. The van der Waals surface area contributed by atoms with Crippen LogP contribution in [0.1, 0.15) is 18.2 Å². The number of anilines is 2. The van der Waals surface area contributed by atoms with E-state index in [-0.39, 0.29) is 12.4 Å². The Labute approximate surface area is 153 Å². The van der Waals surface area contributed by atoms with Gasteiger partial charge in [0, 0.05) is 22.3 Å². The van der Waals surface area contributed by atoms with Crippen molar-refractivity contribution in [2.24, 2.45) is 0 Å². The van der Waals surface area contributed by atoms with Gasteiger partial charge in [0.15, 0.2) is 0 Å². The minimum atomic E-state index is -0.292. The Balaban J connectivity index is 2.06. The van der Waals surface area contributed by atoms with Crippen molar-refractivity contribution in [2.45, 2.75) is 20.3 Å². The Hall–Kier alpha value is -3.08. The van der Waals surface area contributed by atoms with Gasteiger partial charge in [-0.3, -0.25) is 9.78 Å². The molecule has 0 unspecified atom stereocenters. The molecular weight excluding hydrogens is 328 g/mol. The molecule has 1 aromatic heterocycles. The predicted molar refractivity (Wildman–Crippen MR) is 103 cm³/mol. The second-order valence-electron chi connectivity index (χ2n) is 5.90. The van der Waals surface area contributed by atoms with Crippen LogP contribution in [-0.2, 0) is 16.0 Å². The van der Waals surface area contributed by atoms with Crippen LogP contribution in [0.15, 0.2) is 48.5 Å². The van der Waals surface area contributed by atoms with Gasteiger partial charge in [-0.25, -0.2) is 0 Å². The Kier molecular flexibility index (Phi) is 5.37. The van der Waals surface area contributed by atoms with Gasteiger partial charge in [-0.2, -0.15) is 0 Å². The van der Waals surface area contributed by atoms with E-state index in [1.807, 2.05) is 62.4 Å². The number of methoxy groups -OCH3 is 1. The number of hydrogen-bond acceptors (Lipinski definition) is 5. The van der Waals surface area contributed by atoms with Gasteiger partial charge >= 0.3 is 5.97 Å². The molecule has 26 heavy (non-hydrogen) atoms. The van der Waals surface area contributed by atoms with Crippen molar-refractivity contribution >= 4 is 28.2 Å². The maximum Gasteiger partial charge on any atom is 0.310 e. The van der Waals surface area contributed by atoms with E-state index in [0.717, 1.165) is 39.3 Å². The topological polar surface area (TPSA) is 60.5 Å². The van der Waals surface area contributed by atoms with E-state index in [0.29, 0.717) is 6.61 Å². The van der Waals surface area contributed by atoms with Gasteiger partial charge in [0.1, 0.15) is 5.75 Å². The lowest BCUT2D eigenvalue weighted by atomic mass is 10.0. The summed E-state index contributed by atoms with van der Waals surface area (Å²) in [5.74, 6) is 0.531. The van der Waals surface area contributed by atoms with E-state index in [1.165, 1.54) is 7.11 Å². The van der Waals surface area contributed by atoms with Crippen molar-refractivity contribution < 1.29 is 14.3 Å². The molecule has 3 aromatic rings. The summed E-state index contributed by atoms with van der Waals surface area (Å²) in [7, 11) is 1.39. The summed E-state index contributed by atoms with van der Waals surface area (Å²) in [5.41, 5.74) is 4.32. The van der Waals surface area contributed by atoms with Crippen LogP contribution in [-0.4, -0.2) is 24.7 Å². The number of benzene rings is 2. The Bertz CT molecular complexity index is 920. The zero-order valence-corrected chi connectivity index (χ0v) is 15.2. The van der Waals surface area contributed by atoms with E-state index < -0.39 is 0 Å². The highest BCUT2D eigenvalue weighted by Gasteiger charge is 2.16. The molecule has 1 heterocycles. The monoisotopic (exact) mass is 350 g/mol. The van der Waals surface area contributed by atoms with Gasteiger partial charge in [0.25, 0.3) is 0 Å². The zero-order valence-electron chi connectivity index (χ0n) is 15.2. The molecule has 2 aromatic carbocycles. The molecule has 0 spiro atoms. The molecule has 3 rings (SSSR count). The van der Waals surface area contributed by atoms with Crippen LogP contribution in [0.4, 0.5) is 11.4 Å². The predicted octanol–water partition coefficient (Wildman–Crippen LogP) is 4.40. The molecule has 0 bridgehead atoms. The summed E-state index contributed by atoms with van der Waals surface area (Å²) in [6, 6.07) is 15.6. The summed E-state index contributed by atoms with van der Waals surface area (Å²) in [6.07, 6.45) is 0.166. The highest BCUT2D eigenvalue weighted by molar-refractivity contribution is 5.96. The molecule has 0 atom stereocenters. The fourth-order valence-corrected chi connectivity index (χ4v) is 2.90. The quantitative estimate of drug-likeness (QED) is 0.668. The second-order valence-corrected chi connectivity index (χ2v) is 5.90. The largest absolute Gasteiger partial charge is 0.494 e. The molecular formula is C21H22N2O3. The van der Waals surface area contributed by atoms with Gasteiger partial charge in [-0.1, -0.05) is 18.2 Å². The molecule has 134 valence electrons. The van der Waals surface area contributed by atoms with Crippen LogP contribution in [0.25, 0.3) is 10.9 Å². The summed E-state index contributed by atoms with van der Waals surface area (Å²) >= 11 is 0. The average molecular weight is 350 g/mol. The number of pyridine rings is 1. The van der Waals surface area contributed by atoms with Crippen molar-refractivity contribution in [3.63, 3.8) is 0 Å². The summed E-state index contributed by atoms with van der Waals surface area (Å²) in [4.78, 5) is 16.5. The van der Waals surface area contributed by atoms with E-state index in [9.17, 15) is 4.79 Å². The first-order chi connectivity index (χ1) is 12.6. The lowest BCUT2D eigenvalue weighted by Gasteiger charge is -2.17. The molecule has 5 nitrogen and oxygen atoms in total. The van der Waals surface area contributed by atoms with Crippen LogP contribution < -0.4 is 10.1 Å². The highest BCUT2D eigenvalue weighted by Crippen LogP contribution is 2.32. The van der Waals surface area contributed by atoms with Crippen molar-refractivity contribution in [3.05, 3.63) is 59.8 Å². The number of aromatic nitrogens is 1. The summed E-state index contributed by atoms with van der Waals surface area (Å²) < 4.78 is 10.4. The molecule has 0 amide bonds. The minimum Gasteiger partial charge on any atom is -0.494 e. The third-order valence-corrected chi connectivity index (χ3v) is 4.18. The first-order valence-electron chi connectivity index (χ1n) is 8.57. The molecule has 0 fully saturated rings. The SMILES string of the molecule is CCOc1ccc(Nc2c(CC(=O)OC)c(C)nc3ccccc23)cc1. The van der Waals surface area contributed by atoms with Crippen molar-refractivity contribution in [3.8, 4) is 5.75 Å². The van der Waals surface area contributed by atoms with E-state index in [1.54, 1.807) is 0 Å². The molecule has 5 heteroatoms.